The normalized spacial score (nSPS) is 15.0. The summed E-state index contributed by atoms with van der Waals surface area (Å²) in [5, 5.41) is 11.7. The van der Waals surface area contributed by atoms with Gasteiger partial charge in [-0.2, -0.15) is 0 Å². The number of aryl methyl sites for hydroxylation is 1. The number of ether oxygens (including phenoxy) is 1. The second-order valence-electron chi connectivity index (χ2n) is 9.89. The largest absolute Gasteiger partial charge is 0.479 e. The van der Waals surface area contributed by atoms with Crippen molar-refractivity contribution in [3.05, 3.63) is 52.2 Å². The number of aliphatic carboxylic acids is 1. The van der Waals surface area contributed by atoms with E-state index in [-0.39, 0.29) is 12.3 Å². The molecular weight excluding hydrogens is 488 g/mol. The van der Waals surface area contributed by atoms with Crippen molar-refractivity contribution in [1.29, 1.82) is 0 Å². The zero-order valence-corrected chi connectivity index (χ0v) is 22.4. The summed E-state index contributed by atoms with van der Waals surface area (Å²) < 4.78 is 36.0. The van der Waals surface area contributed by atoms with Crippen molar-refractivity contribution < 1.29 is 23.1 Å². The maximum Gasteiger partial charge on any atom is 0.337 e. The number of sulfonamides is 1. The monoisotopic (exact) mass is 518 g/mol. The van der Waals surface area contributed by atoms with Crippen LogP contribution < -0.4 is 4.31 Å². The Hall–Kier alpha value is -2.55. The fraction of sp³-hybridized carbons (Fsp3) is 0.423. The Morgan fingerprint density at radius 3 is 2.34 bits per heavy atom. The van der Waals surface area contributed by atoms with E-state index in [2.05, 4.69) is 4.57 Å². The lowest BCUT2D eigenvalue weighted by Gasteiger charge is -2.35. The summed E-state index contributed by atoms with van der Waals surface area (Å²) in [6.45, 7) is 11.6. The molecule has 188 valence electrons. The van der Waals surface area contributed by atoms with Gasteiger partial charge in [-0.15, -0.1) is 0 Å². The molecule has 0 saturated heterocycles. The summed E-state index contributed by atoms with van der Waals surface area (Å²) in [6.07, 6.45) is -1.31. The van der Waals surface area contributed by atoms with Crippen molar-refractivity contribution in [3.8, 4) is 11.1 Å². The quantitative estimate of drug-likeness (QED) is 0.453. The van der Waals surface area contributed by atoms with Crippen molar-refractivity contribution in [3.63, 3.8) is 0 Å². The molecule has 1 aliphatic rings. The second kappa shape index (κ2) is 8.84. The van der Waals surface area contributed by atoms with Crippen molar-refractivity contribution >= 4 is 44.2 Å². The molecule has 0 aliphatic carbocycles. The molecule has 1 aliphatic heterocycles. The Balaban J connectivity index is 2.20. The van der Waals surface area contributed by atoms with Crippen LogP contribution in [0.4, 0.5) is 5.69 Å². The van der Waals surface area contributed by atoms with Crippen molar-refractivity contribution in [2.45, 2.75) is 59.8 Å². The van der Waals surface area contributed by atoms with Gasteiger partial charge in [0.05, 0.1) is 29.1 Å². The Morgan fingerprint density at radius 2 is 1.80 bits per heavy atom. The maximum absolute atomic E-state index is 13.2. The maximum atomic E-state index is 13.2. The van der Waals surface area contributed by atoms with Crippen LogP contribution >= 0.6 is 11.6 Å². The van der Waals surface area contributed by atoms with Gasteiger partial charge in [-0.3, -0.25) is 4.31 Å². The molecule has 1 atom stereocenters. The van der Waals surface area contributed by atoms with Crippen molar-refractivity contribution in [2.24, 2.45) is 0 Å². The molecule has 2 heterocycles. The van der Waals surface area contributed by atoms with E-state index in [0.717, 1.165) is 22.2 Å². The van der Waals surface area contributed by atoms with Gasteiger partial charge in [-0.25, -0.2) is 13.2 Å². The van der Waals surface area contributed by atoms with Gasteiger partial charge in [0, 0.05) is 28.2 Å². The number of halogens is 1. The van der Waals surface area contributed by atoms with Crippen LogP contribution in [-0.2, 0) is 26.1 Å². The first-order valence-electron chi connectivity index (χ1n) is 11.6. The molecule has 3 aromatic rings. The van der Waals surface area contributed by atoms with Crippen LogP contribution in [0.5, 0.6) is 0 Å². The van der Waals surface area contributed by atoms with E-state index in [1.807, 2.05) is 25.1 Å². The lowest BCUT2D eigenvalue weighted by molar-refractivity contribution is -0.160. The number of hydrogen-bond donors (Lipinski definition) is 1. The molecule has 0 saturated carbocycles. The highest BCUT2D eigenvalue weighted by Crippen LogP contribution is 2.48. The van der Waals surface area contributed by atoms with Crippen molar-refractivity contribution in [1.82, 2.24) is 4.57 Å². The molecule has 2 aromatic carbocycles. The van der Waals surface area contributed by atoms with E-state index in [4.69, 9.17) is 16.3 Å². The third-order valence-electron chi connectivity index (χ3n) is 6.39. The lowest BCUT2D eigenvalue weighted by atomic mass is 9.87. The number of carbonyl (C=O) groups is 1. The Kier molecular flexibility index (Phi) is 6.45. The molecule has 0 unspecified atom stereocenters. The van der Waals surface area contributed by atoms with Crippen LogP contribution in [0, 0.1) is 13.8 Å². The molecule has 0 bridgehead atoms. The summed E-state index contributed by atoms with van der Waals surface area (Å²) in [6, 6.07) is 9.24. The first-order valence-corrected chi connectivity index (χ1v) is 13.6. The Morgan fingerprint density at radius 1 is 1.17 bits per heavy atom. The number of rotatable bonds is 6. The average molecular weight is 519 g/mol. The Bertz CT molecular complexity index is 1420. The minimum Gasteiger partial charge on any atom is -0.479 e. The summed E-state index contributed by atoms with van der Waals surface area (Å²) in [7, 11) is -3.59. The number of benzene rings is 2. The van der Waals surface area contributed by atoms with Gasteiger partial charge in [0.15, 0.2) is 6.10 Å². The van der Waals surface area contributed by atoms with Gasteiger partial charge < -0.3 is 14.4 Å². The SMILES string of the molecule is CCS(=O)(=O)N1CCn2c(C)cc3c(-c4ccc(Cl)cc4)c([C@H](OC(C)(C)C)C(=O)O)c(C)c1c32. The van der Waals surface area contributed by atoms with Crippen LogP contribution in [0.25, 0.3) is 22.0 Å². The third-order valence-corrected chi connectivity index (χ3v) is 8.41. The predicted molar refractivity (Wildman–Crippen MR) is 140 cm³/mol. The van der Waals surface area contributed by atoms with Gasteiger partial charge in [0.2, 0.25) is 10.0 Å². The van der Waals surface area contributed by atoms with Crippen LogP contribution in [0.2, 0.25) is 5.02 Å². The number of anilines is 1. The molecule has 7 nitrogen and oxygen atoms in total. The van der Waals surface area contributed by atoms with Crippen LogP contribution in [0.3, 0.4) is 0 Å². The summed E-state index contributed by atoms with van der Waals surface area (Å²) in [5.74, 6) is -1.19. The standard InChI is InChI=1S/C26H31ClN2O5S/c1-7-35(32,33)29-13-12-28-15(2)14-19-21(17-8-10-18(27)11-9-17)20(16(3)22(29)23(19)28)24(25(30)31)34-26(4,5)6/h8-11,14,24H,7,12-13H2,1-6H3,(H,30,31)/t24-/m0/s1. The minimum absolute atomic E-state index is 0.0528. The smallest absolute Gasteiger partial charge is 0.337 e. The fourth-order valence-electron chi connectivity index (χ4n) is 4.93. The average Bonchev–Trinajstić information content (AvgIpc) is 3.11. The molecule has 1 N–H and O–H groups in total. The zero-order valence-electron chi connectivity index (χ0n) is 20.8. The number of hydrogen-bond acceptors (Lipinski definition) is 4. The van der Waals surface area contributed by atoms with E-state index < -0.39 is 27.7 Å². The van der Waals surface area contributed by atoms with E-state index in [1.54, 1.807) is 46.8 Å². The van der Waals surface area contributed by atoms with Crippen LogP contribution in [0.15, 0.2) is 30.3 Å². The zero-order chi connectivity index (χ0) is 25.9. The minimum atomic E-state index is -3.59. The highest BCUT2D eigenvalue weighted by molar-refractivity contribution is 7.92. The Labute approximate surface area is 211 Å². The topological polar surface area (TPSA) is 88.8 Å². The van der Waals surface area contributed by atoms with Gasteiger partial charge in [-0.05, 0) is 76.4 Å². The van der Waals surface area contributed by atoms with Gasteiger partial charge >= 0.3 is 5.97 Å². The first-order chi connectivity index (χ1) is 16.3. The van der Waals surface area contributed by atoms with Gasteiger partial charge in [-0.1, -0.05) is 23.7 Å². The van der Waals surface area contributed by atoms with Gasteiger partial charge in [0.1, 0.15) is 0 Å². The summed E-state index contributed by atoms with van der Waals surface area (Å²) in [5.41, 5.74) is 4.07. The highest BCUT2D eigenvalue weighted by Gasteiger charge is 2.38. The van der Waals surface area contributed by atoms with Gasteiger partial charge in [0.25, 0.3) is 0 Å². The number of carboxylic acids is 1. The predicted octanol–water partition coefficient (Wildman–Crippen LogP) is 5.69. The first kappa shape index (κ1) is 25.5. The van der Waals surface area contributed by atoms with E-state index >= 15 is 0 Å². The molecule has 4 rings (SSSR count). The molecule has 35 heavy (non-hydrogen) atoms. The van der Waals surface area contributed by atoms with E-state index in [1.165, 1.54) is 4.31 Å². The van der Waals surface area contributed by atoms with E-state index in [0.29, 0.717) is 33.9 Å². The van der Waals surface area contributed by atoms with Crippen LogP contribution in [0.1, 0.15) is 50.6 Å². The molecule has 0 radical (unpaired) electrons. The fourth-order valence-corrected chi connectivity index (χ4v) is 6.23. The number of aromatic nitrogens is 1. The number of carboxylic acid groups (broad SMARTS) is 1. The van der Waals surface area contributed by atoms with E-state index in [9.17, 15) is 18.3 Å². The molecular formula is C26H31ClN2O5S. The van der Waals surface area contributed by atoms with Crippen LogP contribution in [-0.4, -0.2) is 42.0 Å². The number of nitrogens with zero attached hydrogens (tertiary/aromatic N) is 2. The van der Waals surface area contributed by atoms with Crippen molar-refractivity contribution in [2.75, 3.05) is 16.6 Å². The third kappa shape index (κ3) is 4.43. The molecule has 0 spiro atoms. The molecule has 9 heteroatoms. The summed E-state index contributed by atoms with van der Waals surface area (Å²) >= 11 is 6.16. The second-order valence-corrected chi connectivity index (χ2v) is 12.5. The lowest BCUT2D eigenvalue weighted by Crippen LogP contribution is -2.39. The molecule has 0 amide bonds. The highest BCUT2D eigenvalue weighted by atomic mass is 35.5. The summed E-state index contributed by atoms with van der Waals surface area (Å²) in [4.78, 5) is 12.6. The molecule has 1 aromatic heterocycles. The molecule has 0 fully saturated rings.